The number of hydrogen-bond donors (Lipinski definition) is 3. The zero-order chi connectivity index (χ0) is 12.0. The summed E-state index contributed by atoms with van der Waals surface area (Å²) < 4.78 is 22.0. The molecular weight excluding hydrogens is 238 g/mol. The number of likely N-dealkylation sites (tertiary alicyclic amines) is 1. The Morgan fingerprint density at radius 3 is 2.94 bits per heavy atom. The van der Waals surface area contributed by atoms with Crippen LogP contribution >= 0.6 is 0 Å². The number of aliphatic hydroxyl groups is 1. The third-order valence-corrected chi connectivity index (χ3v) is 4.84. The van der Waals surface area contributed by atoms with E-state index in [4.69, 9.17) is 4.78 Å². The van der Waals surface area contributed by atoms with Gasteiger partial charge in [0.2, 0.25) is 0 Å². The Balaban J connectivity index is 1.95. The number of benzene rings is 1. The lowest BCUT2D eigenvalue weighted by Crippen LogP contribution is -2.36. The molecule has 0 amide bonds. The van der Waals surface area contributed by atoms with Crippen molar-refractivity contribution in [2.75, 3.05) is 13.1 Å². The van der Waals surface area contributed by atoms with Crippen molar-refractivity contribution in [1.82, 2.24) is 9.62 Å². The second kappa shape index (κ2) is 3.78. The molecular formula is C11H15N3O2S. The minimum atomic E-state index is -3.02. The molecule has 2 aliphatic rings. The standard InChI is InChI=1S/C11H15N3O2S/c12-17(16)10-6-8(7-14-4-1-5-14)2-3-9(10)11(15)13-17/h2-3,6,11,15H,1,4-5,7H2,(H2,12,13,16). The molecule has 0 radical (unpaired) electrons. The molecule has 5 nitrogen and oxygen atoms in total. The first-order valence-corrected chi connectivity index (χ1v) is 7.21. The van der Waals surface area contributed by atoms with Crippen molar-refractivity contribution in [2.45, 2.75) is 24.1 Å². The highest BCUT2D eigenvalue weighted by atomic mass is 32.2. The fourth-order valence-corrected chi connectivity index (χ4v) is 3.63. The summed E-state index contributed by atoms with van der Waals surface area (Å²) in [7, 11) is -3.02. The van der Waals surface area contributed by atoms with E-state index in [1.165, 1.54) is 6.42 Å². The summed E-state index contributed by atoms with van der Waals surface area (Å²) in [5, 5.41) is 9.63. The van der Waals surface area contributed by atoms with Gasteiger partial charge in [0, 0.05) is 12.1 Å². The Morgan fingerprint density at radius 2 is 2.29 bits per heavy atom. The molecule has 2 atom stereocenters. The molecule has 3 N–H and O–H groups in total. The van der Waals surface area contributed by atoms with E-state index in [0.29, 0.717) is 10.5 Å². The van der Waals surface area contributed by atoms with E-state index in [-0.39, 0.29) is 0 Å². The average molecular weight is 253 g/mol. The summed E-state index contributed by atoms with van der Waals surface area (Å²) in [6.07, 6.45) is 0.258. The fourth-order valence-electron chi connectivity index (χ4n) is 2.23. The fraction of sp³-hybridized carbons (Fsp3) is 0.455. The van der Waals surface area contributed by atoms with Crippen LogP contribution in [0.1, 0.15) is 23.8 Å². The first-order valence-electron chi connectivity index (χ1n) is 5.65. The third-order valence-electron chi connectivity index (χ3n) is 3.31. The molecule has 0 saturated carbocycles. The summed E-state index contributed by atoms with van der Waals surface area (Å²) in [5.41, 5.74) is 1.62. The second-order valence-corrected chi connectivity index (χ2v) is 6.37. The number of aliphatic hydroxyl groups excluding tert-OH is 1. The minimum Gasteiger partial charge on any atom is -0.373 e. The van der Waals surface area contributed by atoms with Crippen molar-refractivity contribution in [2.24, 2.45) is 0 Å². The van der Waals surface area contributed by atoms with Gasteiger partial charge in [0.1, 0.15) is 16.1 Å². The van der Waals surface area contributed by atoms with E-state index in [2.05, 4.69) is 9.62 Å². The van der Waals surface area contributed by atoms with E-state index >= 15 is 0 Å². The molecule has 1 aromatic rings. The van der Waals surface area contributed by atoms with Gasteiger partial charge < -0.3 is 5.11 Å². The van der Waals surface area contributed by atoms with E-state index in [1.54, 1.807) is 12.1 Å². The summed E-state index contributed by atoms with van der Waals surface area (Å²) in [4.78, 5) is 2.73. The van der Waals surface area contributed by atoms with Crippen molar-refractivity contribution in [3.8, 4) is 0 Å². The highest BCUT2D eigenvalue weighted by Gasteiger charge is 2.30. The van der Waals surface area contributed by atoms with Crippen molar-refractivity contribution < 1.29 is 9.32 Å². The molecule has 0 spiro atoms. The molecule has 3 rings (SSSR count). The molecule has 17 heavy (non-hydrogen) atoms. The third kappa shape index (κ3) is 1.87. The Bertz CT molecular complexity index is 552. The molecule has 1 fully saturated rings. The second-order valence-electron chi connectivity index (χ2n) is 4.58. The lowest BCUT2D eigenvalue weighted by atomic mass is 10.1. The summed E-state index contributed by atoms with van der Waals surface area (Å²) in [6, 6.07) is 5.48. The zero-order valence-electron chi connectivity index (χ0n) is 9.35. The van der Waals surface area contributed by atoms with Crippen LogP contribution in [0, 0.1) is 4.78 Å². The molecule has 2 heterocycles. The molecule has 0 aromatic heterocycles. The molecule has 1 saturated heterocycles. The maximum Gasteiger partial charge on any atom is 0.143 e. The highest BCUT2D eigenvalue weighted by molar-refractivity contribution is 7.90. The highest BCUT2D eigenvalue weighted by Crippen LogP contribution is 2.30. The van der Waals surface area contributed by atoms with Crippen molar-refractivity contribution in [3.05, 3.63) is 29.3 Å². The number of nitrogens with zero attached hydrogens (tertiary/aromatic N) is 1. The lowest BCUT2D eigenvalue weighted by molar-refractivity contribution is 0.169. The number of hydrogen-bond acceptors (Lipinski definition) is 4. The maximum absolute atomic E-state index is 11.9. The molecule has 2 unspecified atom stereocenters. The largest absolute Gasteiger partial charge is 0.373 e. The van der Waals surface area contributed by atoms with E-state index in [9.17, 15) is 9.32 Å². The van der Waals surface area contributed by atoms with Crippen LogP contribution in [0.15, 0.2) is 23.1 Å². The van der Waals surface area contributed by atoms with Gasteiger partial charge >= 0.3 is 0 Å². The molecule has 0 bridgehead atoms. The van der Waals surface area contributed by atoms with Crippen LogP contribution < -0.4 is 4.72 Å². The van der Waals surface area contributed by atoms with Gasteiger partial charge in [0.25, 0.3) is 0 Å². The van der Waals surface area contributed by atoms with Gasteiger partial charge in [-0.25, -0.2) is 8.99 Å². The topological polar surface area (TPSA) is 76.4 Å². The molecule has 6 heteroatoms. The molecule has 2 aliphatic heterocycles. The van der Waals surface area contributed by atoms with Crippen LogP contribution in [0.5, 0.6) is 0 Å². The number of rotatable bonds is 2. The molecule has 1 aromatic carbocycles. The number of fused-ring (bicyclic) bond motifs is 1. The average Bonchev–Trinajstić information content (AvgIpc) is 2.44. The normalized spacial score (nSPS) is 32.2. The van der Waals surface area contributed by atoms with Gasteiger partial charge in [-0.1, -0.05) is 12.1 Å². The van der Waals surface area contributed by atoms with E-state index < -0.39 is 16.1 Å². The molecule has 0 aliphatic carbocycles. The predicted octanol–water partition coefficient (Wildman–Crippen LogP) is 0.807. The first-order chi connectivity index (χ1) is 8.06. The van der Waals surface area contributed by atoms with Crippen LogP contribution in [-0.2, 0) is 16.5 Å². The molecule has 92 valence electrons. The van der Waals surface area contributed by atoms with Gasteiger partial charge in [-0.2, -0.15) is 4.72 Å². The van der Waals surface area contributed by atoms with Gasteiger partial charge in [-0.3, -0.25) is 4.90 Å². The SMILES string of the molecule is N=S1(=O)NC(O)c2ccc(CN3CCC3)cc21. The summed E-state index contributed by atoms with van der Waals surface area (Å²) >= 11 is 0. The van der Waals surface area contributed by atoms with Gasteiger partial charge in [0.05, 0.1) is 4.90 Å². The van der Waals surface area contributed by atoms with Crippen LogP contribution in [-0.4, -0.2) is 27.3 Å². The first kappa shape index (κ1) is 11.2. The van der Waals surface area contributed by atoms with Gasteiger partial charge in [-0.05, 0) is 31.1 Å². The van der Waals surface area contributed by atoms with E-state index in [1.807, 2.05) is 6.07 Å². The summed E-state index contributed by atoms with van der Waals surface area (Å²) in [6.45, 7) is 3.04. The quantitative estimate of drug-likeness (QED) is 0.730. The van der Waals surface area contributed by atoms with Crippen molar-refractivity contribution >= 4 is 9.92 Å². The van der Waals surface area contributed by atoms with Crippen LogP contribution in [0.25, 0.3) is 0 Å². The Kier molecular flexibility index (Phi) is 2.48. The smallest absolute Gasteiger partial charge is 0.143 e. The predicted molar refractivity (Wildman–Crippen MR) is 63.6 cm³/mol. The van der Waals surface area contributed by atoms with Gasteiger partial charge in [0.15, 0.2) is 0 Å². The Labute approximate surface area is 101 Å². The van der Waals surface area contributed by atoms with Crippen LogP contribution in [0.2, 0.25) is 0 Å². The van der Waals surface area contributed by atoms with Crippen LogP contribution in [0.3, 0.4) is 0 Å². The van der Waals surface area contributed by atoms with E-state index in [0.717, 1.165) is 25.2 Å². The minimum absolute atomic E-state index is 0.433. The lowest BCUT2D eigenvalue weighted by Gasteiger charge is -2.30. The van der Waals surface area contributed by atoms with Crippen molar-refractivity contribution in [1.29, 1.82) is 4.78 Å². The maximum atomic E-state index is 11.9. The van der Waals surface area contributed by atoms with Crippen molar-refractivity contribution in [3.63, 3.8) is 0 Å². The van der Waals surface area contributed by atoms with Gasteiger partial charge in [-0.15, -0.1) is 0 Å². The Hall–Kier alpha value is -0.950. The van der Waals surface area contributed by atoms with Crippen LogP contribution in [0.4, 0.5) is 0 Å². The summed E-state index contributed by atoms with van der Waals surface area (Å²) in [5.74, 6) is 0. The number of nitrogens with one attached hydrogen (secondary N) is 2. The zero-order valence-corrected chi connectivity index (χ0v) is 10.2. The monoisotopic (exact) mass is 253 g/mol. The Morgan fingerprint density at radius 1 is 1.53 bits per heavy atom.